The number of aliphatic carboxylic acids is 2. The molecular formula is C18H18BrN3O5. The summed E-state index contributed by atoms with van der Waals surface area (Å²) in [5, 5.41) is 18.6. The lowest BCUT2D eigenvalue weighted by Gasteiger charge is -2.21. The predicted molar refractivity (Wildman–Crippen MR) is 101 cm³/mol. The van der Waals surface area contributed by atoms with Crippen LogP contribution in [0.25, 0.3) is 0 Å². The maximum Gasteiger partial charge on any atom is 0.328 e. The lowest BCUT2D eigenvalue weighted by atomic mass is 9.89. The first-order valence-electron chi connectivity index (χ1n) is 8.07. The number of amides is 1. The number of nitrogens with zero attached hydrogens (tertiary/aromatic N) is 1. The molecule has 27 heavy (non-hydrogen) atoms. The number of hydrogen-bond donors (Lipinski definition) is 4. The second-order valence-corrected chi connectivity index (χ2v) is 6.60. The number of H-pyrrole nitrogens is 1. The lowest BCUT2D eigenvalue weighted by Crippen LogP contribution is -2.28. The molecule has 0 saturated heterocycles. The fourth-order valence-electron chi connectivity index (χ4n) is 2.56. The molecule has 0 radical (unpaired) electrons. The number of imidazole rings is 1. The van der Waals surface area contributed by atoms with E-state index in [1.165, 1.54) is 0 Å². The zero-order chi connectivity index (χ0) is 19.8. The van der Waals surface area contributed by atoms with Gasteiger partial charge in [0, 0.05) is 34.7 Å². The largest absolute Gasteiger partial charge is 0.478 e. The third-order valence-corrected chi connectivity index (χ3v) is 4.55. The third-order valence-electron chi connectivity index (χ3n) is 3.86. The fraction of sp³-hybridized carbons (Fsp3) is 0.222. The summed E-state index contributed by atoms with van der Waals surface area (Å²) in [5.74, 6) is -2.42. The summed E-state index contributed by atoms with van der Waals surface area (Å²) in [7, 11) is 0. The number of carbonyl (C=O) groups is 3. The Kier molecular flexibility index (Phi) is 7.30. The summed E-state index contributed by atoms with van der Waals surface area (Å²) in [6, 6.07) is 7.65. The fourth-order valence-corrected chi connectivity index (χ4v) is 2.95. The van der Waals surface area contributed by atoms with Crippen molar-refractivity contribution in [1.82, 2.24) is 9.97 Å². The summed E-state index contributed by atoms with van der Waals surface area (Å²) in [6.07, 6.45) is 5.29. The molecule has 1 aromatic heterocycles. The second kappa shape index (κ2) is 9.67. The molecule has 3 rings (SSSR count). The molecule has 1 atom stereocenters. The minimum absolute atomic E-state index is 0.0139. The van der Waals surface area contributed by atoms with Gasteiger partial charge in [0.15, 0.2) is 0 Å². The Morgan fingerprint density at radius 3 is 2.48 bits per heavy atom. The Hall–Kier alpha value is -2.94. The van der Waals surface area contributed by atoms with Crippen molar-refractivity contribution in [1.29, 1.82) is 0 Å². The van der Waals surface area contributed by atoms with Gasteiger partial charge in [-0.05, 0) is 40.9 Å². The van der Waals surface area contributed by atoms with Crippen LogP contribution in [-0.4, -0.2) is 38.0 Å². The molecule has 8 nitrogen and oxygen atoms in total. The van der Waals surface area contributed by atoms with Gasteiger partial charge in [0.1, 0.15) is 0 Å². The molecule has 0 spiro atoms. The standard InChI is InChI=1S/C14H14BrN3O.C4H4O4/c15-10-3-1-2-4-11(10)18-14(19)9-5-6-12-13(7-9)17-8-16-12;5-3(6)1-2-4(7)8/h1-4,8-9H,5-7H2,(H,16,17)(H,18,19);1-2H,(H,5,6)(H,7,8)/b;2-1+. The van der Waals surface area contributed by atoms with Crippen LogP contribution in [0.3, 0.4) is 0 Å². The van der Waals surface area contributed by atoms with Crippen molar-refractivity contribution in [2.75, 3.05) is 5.32 Å². The van der Waals surface area contributed by atoms with Gasteiger partial charge in [-0.25, -0.2) is 14.6 Å². The van der Waals surface area contributed by atoms with Gasteiger partial charge in [0.25, 0.3) is 0 Å². The van der Waals surface area contributed by atoms with E-state index in [1.54, 1.807) is 6.33 Å². The summed E-state index contributed by atoms with van der Waals surface area (Å²) in [6.45, 7) is 0. The van der Waals surface area contributed by atoms with Crippen LogP contribution in [0.5, 0.6) is 0 Å². The van der Waals surface area contributed by atoms with Crippen molar-refractivity contribution in [3.8, 4) is 0 Å². The van der Waals surface area contributed by atoms with E-state index in [4.69, 9.17) is 10.2 Å². The van der Waals surface area contributed by atoms with Crippen LogP contribution in [0, 0.1) is 5.92 Å². The van der Waals surface area contributed by atoms with Gasteiger partial charge in [-0.2, -0.15) is 0 Å². The van der Waals surface area contributed by atoms with E-state index in [-0.39, 0.29) is 11.8 Å². The molecule has 2 aromatic rings. The van der Waals surface area contributed by atoms with Crippen LogP contribution in [0.15, 0.2) is 47.2 Å². The maximum atomic E-state index is 12.3. The van der Waals surface area contributed by atoms with E-state index in [0.717, 1.165) is 40.8 Å². The molecule has 1 aliphatic carbocycles. The molecule has 4 N–H and O–H groups in total. The molecule has 1 amide bonds. The van der Waals surface area contributed by atoms with Crippen LogP contribution in [0.1, 0.15) is 17.8 Å². The average Bonchev–Trinajstić information content (AvgIpc) is 3.10. The number of carbonyl (C=O) groups excluding carboxylic acids is 1. The monoisotopic (exact) mass is 435 g/mol. The highest BCUT2D eigenvalue weighted by Gasteiger charge is 2.26. The van der Waals surface area contributed by atoms with Gasteiger partial charge >= 0.3 is 11.9 Å². The number of aryl methyl sites for hydroxylation is 1. The number of rotatable bonds is 4. The van der Waals surface area contributed by atoms with Crippen LogP contribution < -0.4 is 5.32 Å². The van der Waals surface area contributed by atoms with Crippen LogP contribution >= 0.6 is 15.9 Å². The SMILES string of the molecule is O=C(Nc1ccccc1Br)C1CCc2nc[nH]c2C1.O=C(O)/C=C/C(=O)O. The zero-order valence-electron chi connectivity index (χ0n) is 14.2. The first kappa shape index (κ1) is 20.4. The van der Waals surface area contributed by atoms with Gasteiger partial charge in [0.05, 0.1) is 17.7 Å². The average molecular weight is 436 g/mol. The predicted octanol–water partition coefficient (Wildman–Crippen LogP) is 2.63. The van der Waals surface area contributed by atoms with Crippen molar-refractivity contribution < 1.29 is 24.6 Å². The van der Waals surface area contributed by atoms with Crippen molar-refractivity contribution in [3.63, 3.8) is 0 Å². The van der Waals surface area contributed by atoms with Crippen molar-refractivity contribution in [3.05, 3.63) is 58.6 Å². The molecular weight excluding hydrogens is 418 g/mol. The van der Waals surface area contributed by atoms with Gasteiger partial charge < -0.3 is 20.5 Å². The molecule has 1 heterocycles. The maximum absolute atomic E-state index is 12.3. The van der Waals surface area contributed by atoms with E-state index < -0.39 is 11.9 Å². The van der Waals surface area contributed by atoms with Gasteiger partial charge in [0.2, 0.25) is 5.91 Å². The highest BCUT2D eigenvalue weighted by Crippen LogP contribution is 2.26. The molecule has 1 aliphatic rings. The quantitative estimate of drug-likeness (QED) is 0.545. The highest BCUT2D eigenvalue weighted by molar-refractivity contribution is 9.10. The number of para-hydroxylation sites is 1. The smallest absolute Gasteiger partial charge is 0.328 e. The van der Waals surface area contributed by atoms with E-state index in [2.05, 4.69) is 31.2 Å². The number of anilines is 1. The highest BCUT2D eigenvalue weighted by atomic mass is 79.9. The minimum atomic E-state index is -1.26. The Bertz CT molecular complexity index is 846. The Balaban J connectivity index is 0.000000279. The summed E-state index contributed by atoms with van der Waals surface area (Å²) >= 11 is 3.44. The molecule has 142 valence electrons. The minimum Gasteiger partial charge on any atom is -0.478 e. The number of aromatic amines is 1. The third kappa shape index (κ3) is 6.37. The second-order valence-electron chi connectivity index (χ2n) is 5.75. The summed E-state index contributed by atoms with van der Waals surface area (Å²) in [5.41, 5.74) is 3.02. The van der Waals surface area contributed by atoms with Gasteiger partial charge in [-0.15, -0.1) is 0 Å². The number of fused-ring (bicyclic) bond motifs is 1. The van der Waals surface area contributed by atoms with Crippen LogP contribution in [-0.2, 0) is 27.2 Å². The lowest BCUT2D eigenvalue weighted by molar-refractivity contribution is -0.134. The first-order valence-corrected chi connectivity index (χ1v) is 8.86. The number of hydrogen-bond acceptors (Lipinski definition) is 4. The number of nitrogens with one attached hydrogen (secondary N) is 2. The van der Waals surface area contributed by atoms with Crippen molar-refractivity contribution in [2.24, 2.45) is 5.92 Å². The normalized spacial score (nSPS) is 15.4. The first-order chi connectivity index (χ1) is 12.9. The number of carboxylic acid groups (broad SMARTS) is 2. The van der Waals surface area contributed by atoms with Gasteiger partial charge in [-0.3, -0.25) is 4.79 Å². The Morgan fingerprint density at radius 1 is 1.19 bits per heavy atom. The van der Waals surface area contributed by atoms with Crippen molar-refractivity contribution in [2.45, 2.75) is 19.3 Å². The van der Waals surface area contributed by atoms with E-state index in [0.29, 0.717) is 12.2 Å². The number of carboxylic acids is 2. The number of aromatic nitrogens is 2. The van der Waals surface area contributed by atoms with E-state index >= 15 is 0 Å². The van der Waals surface area contributed by atoms with E-state index in [9.17, 15) is 14.4 Å². The number of benzene rings is 1. The Morgan fingerprint density at radius 2 is 1.85 bits per heavy atom. The molecule has 1 aromatic carbocycles. The summed E-state index contributed by atoms with van der Waals surface area (Å²) in [4.78, 5) is 38.8. The molecule has 0 saturated carbocycles. The van der Waals surface area contributed by atoms with E-state index in [1.807, 2.05) is 24.3 Å². The topological polar surface area (TPSA) is 132 Å². The molecule has 0 aliphatic heterocycles. The Labute approximate surface area is 163 Å². The van der Waals surface area contributed by atoms with Crippen molar-refractivity contribution >= 4 is 39.5 Å². The van der Waals surface area contributed by atoms with Crippen LogP contribution in [0.2, 0.25) is 0 Å². The van der Waals surface area contributed by atoms with Gasteiger partial charge in [-0.1, -0.05) is 12.1 Å². The van der Waals surface area contributed by atoms with Crippen LogP contribution in [0.4, 0.5) is 5.69 Å². The summed E-state index contributed by atoms with van der Waals surface area (Å²) < 4.78 is 0.904. The molecule has 1 unspecified atom stereocenters. The molecule has 0 bridgehead atoms. The zero-order valence-corrected chi connectivity index (χ0v) is 15.8. The molecule has 0 fully saturated rings. The number of halogens is 1. The molecule has 9 heteroatoms.